The van der Waals surface area contributed by atoms with Crippen LogP contribution in [0.15, 0.2) is 12.3 Å². The fraction of sp³-hybridized carbons (Fsp3) is 0.667. The van der Waals surface area contributed by atoms with E-state index in [2.05, 4.69) is 17.2 Å². The van der Waals surface area contributed by atoms with Gasteiger partial charge in [0.2, 0.25) is 0 Å². The molecule has 0 aromatic heterocycles. The minimum Gasteiger partial charge on any atom is -0.383 e. The van der Waals surface area contributed by atoms with Gasteiger partial charge < -0.3 is 10.6 Å². The van der Waals surface area contributed by atoms with Gasteiger partial charge in [0.25, 0.3) is 0 Å². The van der Waals surface area contributed by atoms with Crippen LogP contribution in [0.5, 0.6) is 0 Å². The van der Waals surface area contributed by atoms with E-state index in [9.17, 15) is 0 Å². The monoisotopic (exact) mass is 110 g/mol. The number of nitrogens with one attached hydrogen (secondary N) is 2. The second kappa shape index (κ2) is 1.26. The Kier molecular flexibility index (Phi) is 0.690. The lowest BCUT2D eigenvalue weighted by Gasteiger charge is -2.35. The second-order valence-electron chi connectivity index (χ2n) is 2.50. The average molecular weight is 110 g/mol. The highest BCUT2D eigenvalue weighted by atomic mass is 15.2. The Labute approximate surface area is 49.0 Å². The molecule has 2 rings (SSSR count). The van der Waals surface area contributed by atoms with Crippen molar-refractivity contribution in [2.45, 2.75) is 18.5 Å². The molecule has 2 saturated heterocycles. The fourth-order valence-corrected chi connectivity index (χ4v) is 1.46. The van der Waals surface area contributed by atoms with Crippen LogP contribution in [0.4, 0.5) is 0 Å². The summed E-state index contributed by atoms with van der Waals surface area (Å²) in [4.78, 5) is 0. The Hall–Kier alpha value is -0.500. The maximum absolute atomic E-state index is 3.83. The van der Waals surface area contributed by atoms with Gasteiger partial charge in [-0.15, -0.1) is 0 Å². The van der Waals surface area contributed by atoms with E-state index in [1.54, 1.807) is 0 Å². The van der Waals surface area contributed by atoms with E-state index < -0.39 is 0 Å². The molecule has 44 valence electrons. The van der Waals surface area contributed by atoms with Crippen molar-refractivity contribution in [3.05, 3.63) is 12.3 Å². The molecule has 2 aliphatic heterocycles. The molecule has 2 nitrogen and oxygen atoms in total. The molecule has 8 heavy (non-hydrogen) atoms. The molecule has 2 fully saturated rings. The molecule has 2 N–H and O–H groups in total. The fourth-order valence-electron chi connectivity index (χ4n) is 1.46. The molecule has 2 aliphatic rings. The van der Waals surface area contributed by atoms with E-state index in [0.29, 0.717) is 12.1 Å². The summed E-state index contributed by atoms with van der Waals surface area (Å²) in [5, 5.41) is 6.59. The molecule has 2 heterocycles. The molecule has 0 aliphatic carbocycles. The maximum Gasteiger partial charge on any atom is 0.0668 e. The minimum absolute atomic E-state index is 0.606. The third-order valence-corrected chi connectivity index (χ3v) is 1.97. The molecule has 0 aromatic rings. The zero-order chi connectivity index (χ0) is 5.56. The highest BCUT2D eigenvalue weighted by Crippen LogP contribution is 2.21. The Morgan fingerprint density at radius 3 is 3.00 bits per heavy atom. The van der Waals surface area contributed by atoms with Crippen molar-refractivity contribution < 1.29 is 0 Å². The third kappa shape index (κ3) is 0.364. The van der Waals surface area contributed by atoms with Gasteiger partial charge in [-0.25, -0.2) is 0 Å². The molecule has 2 atom stereocenters. The van der Waals surface area contributed by atoms with Gasteiger partial charge in [-0.05, 0) is 13.0 Å². The predicted octanol–water partition coefficient (Wildman–Crippen LogP) is -0.166. The highest BCUT2D eigenvalue weighted by molar-refractivity contribution is 5.22. The Balaban J connectivity index is 2.11. The van der Waals surface area contributed by atoms with Crippen LogP contribution in [-0.2, 0) is 0 Å². The molecular formula is C6H10N2. The zero-order valence-corrected chi connectivity index (χ0v) is 4.78. The van der Waals surface area contributed by atoms with Gasteiger partial charge in [-0.2, -0.15) is 0 Å². The standard InChI is InChI=1S/C6H10N2/c1-4-6-5(8-4)2-3-7-6/h5-8H,1-3H2/t5-,6-/m1/s1. The quantitative estimate of drug-likeness (QED) is 0.452. The smallest absolute Gasteiger partial charge is 0.0668 e. The lowest BCUT2D eigenvalue weighted by Crippen LogP contribution is -2.55. The molecular weight excluding hydrogens is 100 g/mol. The summed E-state index contributed by atoms with van der Waals surface area (Å²) in [6, 6.07) is 1.32. The summed E-state index contributed by atoms with van der Waals surface area (Å²) >= 11 is 0. The second-order valence-corrected chi connectivity index (χ2v) is 2.50. The summed E-state index contributed by atoms with van der Waals surface area (Å²) in [5.41, 5.74) is 1.17. The number of fused-ring (bicyclic) bond motifs is 1. The Morgan fingerprint density at radius 2 is 2.50 bits per heavy atom. The molecule has 0 unspecified atom stereocenters. The molecule has 0 amide bonds. The molecule has 2 heteroatoms. The van der Waals surface area contributed by atoms with E-state index in [1.807, 2.05) is 0 Å². The van der Waals surface area contributed by atoms with Gasteiger partial charge in [0.15, 0.2) is 0 Å². The van der Waals surface area contributed by atoms with Gasteiger partial charge in [0, 0.05) is 11.7 Å². The van der Waals surface area contributed by atoms with Crippen molar-refractivity contribution in [2.75, 3.05) is 6.54 Å². The number of hydrogen-bond acceptors (Lipinski definition) is 2. The Bertz CT molecular complexity index is 130. The van der Waals surface area contributed by atoms with Crippen LogP contribution in [0.2, 0.25) is 0 Å². The van der Waals surface area contributed by atoms with Crippen molar-refractivity contribution in [2.24, 2.45) is 0 Å². The van der Waals surface area contributed by atoms with Crippen molar-refractivity contribution in [3.8, 4) is 0 Å². The van der Waals surface area contributed by atoms with E-state index in [4.69, 9.17) is 0 Å². The van der Waals surface area contributed by atoms with E-state index >= 15 is 0 Å². The number of rotatable bonds is 0. The van der Waals surface area contributed by atoms with Gasteiger partial charge in [0.1, 0.15) is 0 Å². The van der Waals surface area contributed by atoms with Crippen LogP contribution in [0.1, 0.15) is 6.42 Å². The van der Waals surface area contributed by atoms with Gasteiger partial charge >= 0.3 is 0 Å². The lowest BCUT2D eigenvalue weighted by atomic mass is 9.98. The average Bonchev–Trinajstić information content (AvgIpc) is 2.09. The summed E-state index contributed by atoms with van der Waals surface area (Å²) in [6.45, 7) is 4.98. The van der Waals surface area contributed by atoms with Crippen LogP contribution in [0, 0.1) is 0 Å². The summed E-state index contributed by atoms with van der Waals surface area (Å²) < 4.78 is 0. The lowest BCUT2D eigenvalue weighted by molar-refractivity contribution is 0.408. The van der Waals surface area contributed by atoms with Crippen LogP contribution in [0.25, 0.3) is 0 Å². The summed E-state index contributed by atoms with van der Waals surface area (Å²) in [7, 11) is 0. The summed E-state index contributed by atoms with van der Waals surface area (Å²) in [6.07, 6.45) is 1.27. The third-order valence-electron chi connectivity index (χ3n) is 1.97. The normalized spacial score (nSPS) is 42.8. The van der Waals surface area contributed by atoms with E-state index in [1.165, 1.54) is 12.1 Å². The first-order valence-electron chi connectivity index (χ1n) is 3.06. The highest BCUT2D eigenvalue weighted by Gasteiger charge is 2.37. The largest absolute Gasteiger partial charge is 0.383 e. The van der Waals surface area contributed by atoms with Crippen molar-refractivity contribution in [1.82, 2.24) is 10.6 Å². The first kappa shape index (κ1) is 4.39. The van der Waals surface area contributed by atoms with E-state index in [-0.39, 0.29) is 0 Å². The minimum atomic E-state index is 0.606. The van der Waals surface area contributed by atoms with Crippen LogP contribution < -0.4 is 10.6 Å². The Morgan fingerprint density at radius 1 is 1.62 bits per heavy atom. The topological polar surface area (TPSA) is 24.1 Å². The predicted molar refractivity (Wildman–Crippen MR) is 32.5 cm³/mol. The van der Waals surface area contributed by atoms with Gasteiger partial charge in [0.05, 0.1) is 6.04 Å². The van der Waals surface area contributed by atoms with Crippen LogP contribution >= 0.6 is 0 Å². The SMILES string of the molecule is C=C1N[C@@H]2CCN[C@H]12. The molecule has 0 saturated carbocycles. The summed E-state index contributed by atoms with van der Waals surface area (Å²) in [5.74, 6) is 0. The van der Waals surface area contributed by atoms with Gasteiger partial charge in [-0.3, -0.25) is 0 Å². The van der Waals surface area contributed by atoms with Gasteiger partial charge in [-0.1, -0.05) is 6.58 Å². The molecule has 0 radical (unpaired) electrons. The van der Waals surface area contributed by atoms with Crippen molar-refractivity contribution >= 4 is 0 Å². The first-order chi connectivity index (χ1) is 3.88. The van der Waals surface area contributed by atoms with E-state index in [0.717, 1.165) is 6.54 Å². The molecule has 0 spiro atoms. The van der Waals surface area contributed by atoms with Crippen molar-refractivity contribution in [3.63, 3.8) is 0 Å². The first-order valence-corrected chi connectivity index (χ1v) is 3.06. The van der Waals surface area contributed by atoms with Crippen molar-refractivity contribution in [1.29, 1.82) is 0 Å². The van der Waals surface area contributed by atoms with Crippen LogP contribution in [0.3, 0.4) is 0 Å². The zero-order valence-electron chi connectivity index (χ0n) is 4.78. The molecule has 0 bridgehead atoms. The molecule has 0 aromatic carbocycles. The van der Waals surface area contributed by atoms with Crippen LogP contribution in [-0.4, -0.2) is 18.6 Å². The number of hydrogen-bond donors (Lipinski definition) is 2. The maximum atomic E-state index is 3.83.